The number of hydrogen-bond acceptors (Lipinski definition) is 3. The molecular weight excluding hydrogens is 204 g/mol. The van der Waals surface area contributed by atoms with E-state index in [0.29, 0.717) is 24.1 Å². The number of nitrogens with zero attached hydrogens (tertiary/aromatic N) is 2. The predicted octanol–water partition coefficient (Wildman–Crippen LogP) is 0.469. The zero-order valence-electron chi connectivity index (χ0n) is 10.1. The van der Waals surface area contributed by atoms with E-state index in [1.54, 1.807) is 0 Å². The predicted molar refractivity (Wildman–Crippen MR) is 60.1 cm³/mol. The van der Waals surface area contributed by atoms with Crippen molar-refractivity contribution in [2.24, 2.45) is 0 Å². The molecule has 3 fully saturated rings. The van der Waals surface area contributed by atoms with Crippen LogP contribution in [0.5, 0.6) is 0 Å². The molecule has 0 radical (unpaired) electrons. The van der Waals surface area contributed by atoms with Crippen LogP contribution in [-0.4, -0.2) is 59.6 Å². The first kappa shape index (κ1) is 10.5. The summed E-state index contributed by atoms with van der Waals surface area (Å²) in [4.78, 5) is 16.7. The molecule has 0 spiro atoms. The van der Waals surface area contributed by atoms with Crippen molar-refractivity contribution in [3.05, 3.63) is 0 Å². The fraction of sp³-hybridized carbons (Fsp3) is 0.917. The Morgan fingerprint density at radius 3 is 2.69 bits per heavy atom. The Bertz CT molecular complexity index is 305. The first-order chi connectivity index (χ1) is 7.66. The minimum atomic E-state index is 0.152. The van der Waals surface area contributed by atoms with Crippen molar-refractivity contribution in [2.75, 3.05) is 19.7 Å². The Labute approximate surface area is 96.5 Å². The van der Waals surface area contributed by atoms with E-state index in [0.717, 1.165) is 32.5 Å². The van der Waals surface area contributed by atoms with E-state index >= 15 is 0 Å². The molecule has 3 heterocycles. The third kappa shape index (κ3) is 1.47. The normalized spacial score (nSPS) is 38.2. The summed E-state index contributed by atoms with van der Waals surface area (Å²) in [5, 5.41) is 0. The lowest BCUT2D eigenvalue weighted by atomic mass is 9.99. The highest BCUT2D eigenvalue weighted by molar-refractivity contribution is 5.83. The molecule has 0 aliphatic carbocycles. The quantitative estimate of drug-likeness (QED) is 0.683. The molecule has 3 atom stereocenters. The van der Waals surface area contributed by atoms with Crippen molar-refractivity contribution >= 4 is 5.91 Å². The fourth-order valence-electron chi connectivity index (χ4n) is 3.15. The lowest BCUT2D eigenvalue weighted by Crippen LogP contribution is -2.60. The number of ether oxygens (including phenoxy) is 1. The molecule has 90 valence electrons. The van der Waals surface area contributed by atoms with Gasteiger partial charge in [0.2, 0.25) is 5.91 Å². The van der Waals surface area contributed by atoms with Gasteiger partial charge in [0, 0.05) is 19.1 Å². The first-order valence-electron chi connectivity index (χ1n) is 6.34. The Morgan fingerprint density at radius 1 is 1.44 bits per heavy atom. The molecule has 2 bridgehead atoms. The van der Waals surface area contributed by atoms with Gasteiger partial charge in [0.15, 0.2) is 0 Å². The summed E-state index contributed by atoms with van der Waals surface area (Å²) in [7, 11) is 0. The number of amides is 1. The average molecular weight is 224 g/mol. The highest BCUT2D eigenvalue weighted by atomic mass is 16.5. The molecule has 0 N–H and O–H groups in total. The lowest BCUT2D eigenvalue weighted by Gasteiger charge is -2.45. The highest BCUT2D eigenvalue weighted by Gasteiger charge is 2.46. The van der Waals surface area contributed by atoms with Crippen LogP contribution in [0.3, 0.4) is 0 Å². The van der Waals surface area contributed by atoms with Gasteiger partial charge >= 0.3 is 0 Å². The second kappa shape index (κ2) is 3.70. The maximum atomic E-state index is 12.4. The van der Waals surface area contributed by atoms with Crippen LogP contribution in [0, 0.1) is 0 Å². The summed E-state index contributed by atoms with van der Waals surface area (Å²) >= 11 is 0. The van der Waals surface area contributed by atoms with Gasteiger partial charge in [0.05, 0.1) is 24.8 Å². The maximum absolute atomic E-state index is 12.4. The van der Waals surface area contributed by atoms with Crippen LogP contribution in [0.2, 0.25) is 0 Å². The van der Waals surface area contributed by atoms with Crippen molar-refractivity contribution in [2.45, 2.75) is 50.9 Å². The summed E-state index contributed by atoms with van der Waals surface area (Å²) in [6.45, 7) is 6.99. The molecular formula is C12H20N2O2. The van der Waals surface area contributed by atoms with Crippen LogP contribution < -0.4 is 0 Å². The van der Waals surface area contributed by atoms with E-state index < -0.39 is 0 Å². The van der Waals surface area contributed by atoms with E-state index in [1.807, 2.05) is 0 Å². The van der Waals surface area contributed by atoms with Gasteiger partial charge in [-0.1, -0.05) is 0 Å². The maximum Gasteiger partial charge on any atom is 0.240 e. The van der Waals surface area contributed by atoms with Crippen molar-refractivity contribution in [1.29, 1.82) is 0 Å². The molecule has 3 rings (SSSR count). The molecule has 3 saturated heterocycles. The third-order valence-electron chi connectivity index (χ3n) is 4.19. The summed E-state index contributed by atoms with van der Waals surface area (Å²) in [6.07, 6.45) is 2.41. The smallest absolute Gasteiger partial charge is 0.240 e. The number of hydrogen-bond donors (Lipinski definition) is 0. The zero-order valence-corrected chi connectivity index (χ0v) is 10.1. The number of carbonyl (C=O) groups is 1. The molecule has 0 aromatic carbocycles. The van der Waals surface area contributed by atoms with Gasteiger partial charge < -0.3 is 9.64 Å². The van der Waals surface area contributed by atoms with Gasteiger partial charge in [-0.05, 0) is 26.7 Å². The highest BCUT2D eigenvalue weighted by Crippen LogP contribution is 2.31. The standard InChI is InChI=1S/C12H20N2O2/c1-8(2)13-4-3-11(13)12(15)14-6-10-5-9(14)7-16-10/h8-11H,3-7H2,1-2H3/t9-,10-,11+/m1/s1. The van der Waals surface area contributed by atoms with Crippen LogP contribution in [0.4, 0.5) is 0 Å². The number of likely N-dealkylation sites (tertiary alicyclic amines) is 2. The van der Waals surface area contributed by atoms with E-state index in [1.165, 1.54) is 0 Å². The minimum absolute atomic E-state index is 0.152. The van der Waals surface area contributed by atoms with Crippen LogP contribution in [0.15, 0.2) is 0 Å². The second-order valence-corrected chi connectivity index (χ2v) is 5.47. The monoisotopic (exact) mass is 224 g/mol. The summed E-state index contributed by atoms with van der Waals surface area (Å²) < 4.78 is 5.53. The van der Waals surface area contributed by atoms with Crippen molar-refractivity contribution in [1.82, 2.24) is 9.80 Å². The largest absolute Gasteiger partial charge is 0.374 e. The SMILES string of the molecule is CC(C)N1CC[C@H]1C(=O)N1C[C@H]2C[C@@H]1CO2. The Balaban J connectivity index is 1.65. The van der Waals surface area contributed by atoms with Gasteiger partial charge in [0.25, 0.3) is 0 Å². The lowest BCUT2D eigenvalue weighted by molar-refractivity contribution is -0.147. The minimum Gasteiger partial charge on any atom is -0.374 e. The molecule has 4 nitrogen and oxygen atoms in total. The van der Waals surface area contributed by atoms with E-state index in [2.05, 4.69) is 23.6 Å². The zero-order chi connectivity index (χ0) is 11.3. The topological polar surface area (TPSA) is 32.8 Å². The van der Waals surface area contributed by atoms with Crippen LogP contribution in [-0.2, 0) is 9.53 Å². The van der Waals surface area contributed by atoms with Crippen molar-refractivity contribution in [3.63, 3.8) is 0 Å². The number of rotatable bonds is 2. The summed E-state index contributed by atoms with van der Waals surface area (Å²) in [5.74, 6) is 0.343. The molecule has 0 aromatic heterocycles. The van der Waals surface area contributed by atoms with Crippen molar-refractivity contribution in [3.8, 4) is 0 Å². The number of morpholine rings is 1. The molecule has 16 heavy (non-hydrogen) atoms. The Kier molecular flexibility index (Phi) is 2.44. The first-order valence-corrected chi connectivity index (χ1v) is 6.34. The molecule has 0 aromatic rings. The Morgan fingerprint density at radius 2 is 2.25 bits per heavy atom. The van der Waals surface area contributed by atoms with Crippen LogP contribution in [0.1, 0.15) is 26.7 Å². The number of fused-ring (bicyclic) bond motifs is 2. The molecule has 1 amide bonds. The Hall–Kier alpha value is -0.610. The fourth-order valence-corrected chi connectivity index (χ4v) is 3.15. The van der Waals surface area contributed by atoms with E-state index in [-0.39, 0.29) is 6.04 Å². The number of carbonyl (C=O) groups excluding carboxylic acids is 1. The molecule has 0 unspecified atom stereocenters. The van der Waals surface area contributed by atoms with Gasteiger partial charge in [0.1, 0.15) is 0 Å². The van der Waals surface area contributed by atoms with Gasteiger partial charge in [-0.2, -0.15) is 0 Å². The summed E-state index contributed by atoms with van der Waals surface area (Å²) in [6, 6.07) is 1.00. The van der Waals surface area contributed by atoms with Crippen LogP contribution >= 0.6 is 0 Å². The van der Waals surface area contributed by atoms with Crippen molar-refractivity contribution < 1.29 is 9.53 Å². The molecule has 4 heteroatoms. The van der Waals surface area contributed by atoms with Gasteiger partial charge in [-0.3, -0.25) is 9.69 Å². The van der Waals surface area contributed by atoms with Crippen LogP contribution in [0.25, 0.3) is 0 Å². The second-order valence-electron chi connectivity index (χ2n) is 5.47. The van der Waals surface area contributed by atoms with E-state index in [4.69, 9.17) is 4.74 Å². The average Bonchev–Trinajstić information content (AvgIpc) is 2.75. The van der Waals surface area contributed by atoms with Gasteiger partial charge in [-0.15, -0.1) is 0 Å². The van der Waals surface area contributed by atoms with Gasteiger partial charge in [-0.25, -0.2) is 0 Å². The molecule has 3 aliphatic heterocycles. The third-order valence-corrected chi connectivity index (χ3v) is 4.19. The summed E-state index contributed by atoms with van der Waals surface area (Å²) in [5.41, 5.74) is 0. The molecule has 0 saturated carbocycles. The molecule has 3 aliphatic rings. The van der Waals surface area contributed by atoms with E-state index in [9.17, 15) is 4.79 Å².